The van der Waals surface area contributed by atoms with Crippen molar-refractivity contribution >= 4 is 5.78 Å². The highest BCUT2D eigenvalue weighted by molar-refractivity contribution is 5.53. The van der Waals surface area contributed by atoms with E-state index in [0.717, 1.165) is 24.4 Å². The van der Waals surface area contributed by atoms with Crippen molar-refractivity contribution in [1.82, 2.24) is 34.8 Å². The normalized spacial score (nSPS) is 11.5. The summed E-state index contributed by atoms with van der Waals surface area (Å²) in [5.74, 6) is 2.31. The van der Waals surface area contributed by atoms with E-state index in [0.29, 0.717) is 23.2 Å². The summed E-state index contributed by atoms with van der Waals surface area (Å²) in [6.45, 7) is 4.23. The third-order valence-corrected chi connectivity index (χ3v) is 4.13. The summed E-state index contributed by atoms with van der Waals surface area (Å²) in [6, 6.07) is 12.3. The first kappa shape index (κ1) is 15.4. The van der Waals surface area contributed by atoms with E-state index < -0.39 is 0 Å². The van der Waals surface area contributed by atoms with E-state index in [9.17, 15) is 0 Å². The fourth-order valence-corrected chi connectivity index (χ4v) is 2.79. The van der Waals surface area contributed by atoms with E-state index in [4.69, 9.17) is 0 Å². The second-order valence-corrected chi connectivity index (χ2v) is 6.28. The van der Waals surface area contributed by atoms with Crippen LogP contribution in [0.1, 0.15) is 36.8 Å². The van der Waals surface area contributed by atoms with Crippen molar-refractivity contribution in [2.45, 2.75) is 32.6 Å². The molecule has 0 unspecified atom stereocenters. The summed E-state index contributed by atoms with van der Waals surface area (Å²) in [6.07, 6.45) is 3.24. The number of fused-ring (bicyclic) bond motifs is 1. The minimum absolute atomic E-state index is 0.294. The molecule has 7 nitrogen and oxygen atoms in total. The van der Waals surface area contributed by atoms with Crippen molar-refractivity contribution in [1.29, 1.82) is 0 Å². The molecule has 0 aliphatic rings. The molecule has 4 aromatic rings. The van der Waals surface area contributed by atoms with E-state index in [1.54, 1.807) is 4.52 Å². The van der Waals surface area contributed by atoms with Crippen molar-refractivity contribution in [3.63, 3.8) is 0 Å². The smallest absolute Gasteiger partial charge is 0.253 e. The highest BCUT2D eigenvalue weighted by atomic mass is 15.3. The van der Waals surface area contributed by atoms with E-state index in [1.165, 1.54) is 11.9 Å². The molecule has 0 saturated heterocycles. The molecule has 4 rings (SSSR count). The van der Waals surface area contributed by atoms with Gasteiger partial charge in [0.1, 0.15) is 17.8 Å². The molecule has 0 aliphatic carbocycles. The first-order valence-electron chi connectivity index (χ1n) is 8.37. The Kier molecular flexibility index (Phi) is 3.97. The van der Waals surface area contributed by atoms with Crippen LogP contribution in [0.25, 0.3) is 17.3 Å². The number of hydrogen-bond acceptors (Lipinski definition) is 5. The lowest BCUT2D eigenvalue weighted by atomic mass is 10.1. The lowest BCUT2D eigenvalue weighted by Crippen LogP contribution is -2.04. The lowest BCUT2D eigenvalue weighted by molar-refractivity contribution is 0.749. The second-order valence-electron chi connectivity index (χ2n) is 6.28. The van der Waals surface area contributed by atoms with Crippen molar-refractivity contribution in [3.8, 4) is 11.5 Å². The maximum absolute atomic E-state index is 4.60. The summed E-state index contributed by atoms with van der Waals surface area (Å²) in [4.78, 5) is 13.3. The highest BCUT2D eigenvalue weighted by Gasteiger charge is 2.14. The number of benzene rings is 1. The Hall–Kier alpha value is -3.09. The molecule has 7 heteroatoms. The van der Waals surface area contributed by atoms with E-state index in [1.807, 2.05) is 24.3 Å². The molecule has 0 fully saturated rings. The number of nitrogens with one attached hydrogen (secondary N) is 1. The predicted octanol–water partition coefficient (Wildman–Crippen LogP) is 2.82. The monoisotopic (exact) mass is 333 g/mol. The van der Waals surface area contributed by atoms with Gasteiger partial charge < -0.3 is 0 Å². The number of rotatable bonds is 5. The Morgan fingerprint density at radius 3 is 2.72 bits per heavy atom. The van der Waals surface area contributed by atoms with E-state index in [2.05, 4.69) is 56.2 Å². The molecule has 0 atom stereocenters. The first-order valence-corrected chi connectivity index (χ1v) is 8.37. The van der Waals surface area contributed by atoms with Crippen LogP contribution in [0.3, 0.4) is 0 Å². The summed E-state index contributed by atoms with van der Waals surface area (Å²) < 4.78 is 1.76. The summed E-state index contributed by atoms with van der Waals surface area (Å²) >= 11 is 0. The average molecular weight is 333 g/mol. The molecule has 3 aromatic heterocycles. The Labute approximate surface area is 145 Å². The van der Waals surface area contributed by atoms with Crippen LogP contribution in [0, 0.1) is 0 Å². The van der Waals surface area contributed by atoms with Crippen LogP contribution in [0.15, 0.2) is 42.7 Å². The van der Waals surface area contributed by atoms with Gasteiger partial charge in [-0.15, -0.1) is 0 Å². The fraction of sp³-hybridized carbons (Fsp3) is 0.278. The Morgan fingerprint density at radius 2 is 1.92 bits per heavy atom. The standard InChI is InChI=1S/C18H19N7/c1-12(2)15-10-14(21-18-19-11-20-25(15)18)17-22-16(23-24-17)9-8-13-6-4-3-5-7-13/h3-7,10-12H,8-9H2,1-2H3,(H,22,23,24). The molecular weight excluding hydrogens is 314 g/mol. The van der Waals surface area contributed by atoms with Gasteiger partial charge in [0.25, 0.3) is 5.78 Å². The zero-order valence-electron chi connectivity index (χ0n) is 14.2. The molecule has 0 aliphatic heterocycles. The molecule has 3 heterocycles. The molecule has 0 bridgehead atoms. The van der Waals surface area contributed by atoms with Crippen LogP contribution < -0.4 is 0 Å². The van der Waals surface area contributed by atoms with Gasteiger partial charge in [0.05, 0.1) is 5.69 Å². The number of nitrogens with zero attached hydrogens (tertiary/aromatic N) is 6. The predicted molar refractivity (Wildman–Crippen MR) is 94.1 cm³/mol. The maximum Gasteiger partial charge on any atom is 0.253 e. The van der Waals surface area contributed by atoms with Gasteiger partial charge in [-0.1, -0.05) is 44.2 Å². The molecular formula is C18H19N7. The van der Waals surface area contributed by atoms with Crippen molar-refractivity contribution < 1.29 is 0 Å². The number of aryl methyl sites for hydroxylation is 2. The largest absolute Gasteiger partial charge is 0.263 e. The van der Waals surface area contributed by atoms with Crippen LogP contribution in [0.2, 0.25) is 0 Å². The molecule has 0 amide bonds. The number of hydrogen-bond donors (Lipinski definition) is 1. The topological polar surface area (TPSA) is 84.6 Å². The number of aromatic amines is 1. The third-order valence-electron chi connectivity index (χ3n) is 4.13. The quantitative estimate of drug-likeness (QED) is 0.607. The lowest BCUT2D eigenvalue weighted by Gasteiger charge is -2.08. The molecule has 25 heavy (non-hydrogen) atoms. The average Bonchev–Trinajstić information content (AvgIpc) is 3.29. The Bertz CT molecular complexity index is 985. The molecule has 0 spiro atoms. The van der Waals surface area contributed by atoms with Gasteiger partial charge in [0.15, 0.2) is 5.82 Å². The van der Waals surface area contributed by atoms with Gasteiger partial charge in [0.2, 0.25) is 0 Å². The highest BCUT2D eigenvalue weighted by Crippen LogP contribution is 2.20. The van der Waals surface area contributed by atoms with Crippen LogP contribution >= 0.6 is 0 Å². The van der Waals surface area contributed by atoms with Crippen molar-refractivity contribution in [2.24, 2.45) is 0 Å². The van der Waals surface area contributed by atoms with E-state index >= 15 is 0 Å². The minimum atomic E-state index is 0.294. The van der Waals surface area contributed by atoms with Crippen LogP contribution in [-0.2, 0) is 12.8 Å². The van der Waals surface area contributed by atoms with Gasteiger partial charge in [-0.2, -0.15) is 15.2 Å². The minimum Gasteiger partial charge on any atom is -0.263 e. The van der Waals surface area contributed by atoms with Crippen LogP contribution in [0.4, 0.5) is 0 Å². The molecule has 126 valence electrons. The van der Waals surface area contributed by atoms with Crippen LogP contribution in [-0.4, -0.2) is 34.8 Å². The van der Waals surface area contributed by atoms with Crippen molar-refractivity contribution in [3.05, 3.63) is 59.8 Å². The van der Waals surface area contributed by atoms with E-state index in [-0.39, 0.29) is 0 Å². The van der Waals surface area contributed by atoms with Crippen LogP contribution in [0.5, 0.6) is 0 Å². The first-order chi connectivity index (χ1) is 12.2. The molecule has 1 N–H and O–H groups in total. The number of H-pyrrole nitrogens is 1. The fourth-order valence-electron chi connectivity index (χ4n) is 2.79. The second kappa shape index (κ2) is 6.43. The SMILES string of the molecule is CC(C)c1cc(-c2n[nH]c(CCc3ccccc3)n2)nc2ncnn12. The zero-order chi connectivity index (χ0) is 17.2. The molecule has 0 radical (unpaired) electrons. The molecule has 0 saturated carbocycles. The summed E-state index contributed by atoms with van der Waals surface area (Å²) in [5, 5.41) is 11.6. The maximum atomic E-state index is 4.60. The molecule has 1 aromatic carbocycles. The van der Waals surface area contributed by atoms with Gasteiger partial charge >= 0.3 is 0 Å². The Morgan fingerprint density at radius 1 is 1.08 bits per heavy atom. The van der Waals surface area contributed by atoms with Gasteiger partial charge in [-0.25, -0.2) is 14.5 Å². The number of aromatic nitrogens is 7. The van der Waals surface area contributed by atoms with Gasteiger partial charge in [-0.05, 0) is 24.0 Å². The summed E-state index contributed by atoms with van der Waals surface area (Å²) in [5.41, 5.74) is 3.03. The Balaban J connectivity index is 1.60. The third kappa shape index (κ3) is 3.13. The van der Waals surface area contributed by atoms with Gasteiger partial charge in [-0.3, -0.25) is 5.10 Å². The van der Waals surface area contributed by atoms with Gasteiger partial charge in [0, 0.05) is 6.42 Å². The zero-order valence-corrected chi connectivity index (χ0v) is 14.2. The van der Waals surface area contributed by atoms with Crippen molar-refractivity contribution in [2.75, 3.05) is 0 Å². The summed E-state index contributed by atoms with van der Waals surface area (Å²) in [7, 11) is 0.